The summed E-state index contributed by atoms with van der Waals surface area (Å²) in [4.78, 5) is 84.1. The van der Waals surface area contributed by atoms with Crippen molar-refractivity contribution in [2.45, 2.75) is 38.3 Å². The predicted octanol–water partition coefficient (Wildman–Crippen LogP) is -0.315. The molecule has 0 spiro atoms. The first kappa shape index (κ1) is 31.5. The lowest BCUT2D eigenvalue weighted by molar-refractivity contribution is -0.168. The summed E-state index contributed by atoms with van der Waals surface area (Å²) in [6.45, 7) is 0.176. The van der Waals surface area contributed by atoms with E-state index in [1.54, 1.807) is 12.1 Å². The van der Waals surface area contributed by atoms with Gasteiger partial charge in [0.25, 0.3) is 5.91 Å². The van der Waals surface area contributed by atoms with Gasteiger partial charge in [-0.15, -0.1) is 0 Å². The van der Waals surface area contributed by atoms with E-state index >= 15 is 0 Å². The Morgan fingerprint density at radius 3 is 2.26 bits per heavy atom. The molecule has 0 bridgehead atoms. The minimum Gasteiger partial charge on any atom is -0.603 e. The molecule has 0 radical (unpaired) electrons. The van der Waals surface area contributed by atoms with Crippen LogP contribution < -0.4 is 21.3 Å². The van der Waals surface area contributed by atoms with E-state index in [1.807, 2.05) is 0 Å². The first-order valence-corrected chi connectivity index (χ1v) is 13.4. The van der Waals surface area contributed by atoms with E-state index in [-0.39, 0.29) is 29.2 Å². The van der Waals surface area contributed by atoms with Gasteiger partial charge < -0.3 is 41.7 Å². The van der Waals surface area contributed by atoms with Crippen LogP contribution in [0, 0.1) is 5.92 Å². The van der Waals surface area contributed by atoms with Crippen molar-refractivity contribution in [3.63, 3.8) is 0 Å². The van der Waals surface area contributed by atoms with Crippen LogP contribution in [0.2, 0.25) is 0 Å². The molecule has 42 heavy (non-hydrogen) atoms. The van der Waals surface area contributed by atoms with E-state index in [0.717, 1.165) is 0 Å². The van der Waals surface area contributed by atoms with Crippen LogP contribution in [0.15, 0.2) is 30.5 Å². The molecule has 0 aliphatic carbocycles. The summed E-state index contributed by atoms with van der Waals surface area (Å²) < 4.78 is 0. The van der Waals surface area contributed by atoms with Gasteiger partial charge in [-0.1, -0.05) is 0 Å². The number of anilines is 2. The van der Waals surface area contributed by atoms with Crippen LogP contribution in [-0.4, -0.2) is 80.4 Å². The molecule has 2 aromatic heterocycles. The third-order valence-electron chi connectivity index (χ3n) is 5.96. The predicted molar refractivity (Wildman–Crippen MR) is 145 cm³/mol. The molecule has 1 amide bonds. The Balaban J connectivity index is 1.62. The number of fused-ring (bicyclic) bond motifs is 1. The van der Waals surface area contributed by atoms with E-state index in [0.29, 0.717) is 11.4 Å². The highest BCUT2D eigenvalue weighted by Gasteiger charge is 2.32. The third-order valence-corrected chi connectivity index (χ3v) is 6.99. The summed E-state index contributed by atoms with van der Waals surface area (Å²) in [5, 5.41) is 42.6. The maximum atomic E-state index is 12.7. The van der Waals surface area contributed by atoms with E-state index in [4.69, 9.17) is 10.8 Å². The lowest BCUT2D eigenvalue weighted by Gasteiger charge is -2.17. The van der Waals surface area contributed by atoms with E-state index in [2.05, 4.69) is 30.6 Å². The van der Waals surface area contributed by atoms with Crippen LogP contribution >= 0.6 is 8.00 Å². The Morgan fingerprint density at radius 1 is 0.976 bits per heavy atom. The van der Waals surface area contributed by atoms with Crippen molar-refractivity contribution < 1.29 is 49.4 Å². The molecule has 3 unspecified atom stereocenters. The number of nitrogens with zero attached hydrogens (tertiary/aromatic N) is 4. The van der Waals surface area contributed by atoms with Gasteiger partial charge in [-0.05, 0) is 37.1 Å². The molecule has 3 atom stereocenters. The number of benzene rings is 1. The first-order valence-electron chi connectivity index (χ1n) is 12.2. The first-order chi connectivity index (χ1) is 19.8. The average molecular weight is 603 g/mol. The maximum absolute atomic E-state index is 12.7. The fraction of sp³-hybridized carbons (Fsp3) is 0.292. The molecule has 9 N–H and O–H groups in total. The summed E-state index contributed by atoms with van der Waals surface area (Å²) in [7, 11) is -3.17. The quantitative estimate of drug-likeness (QED) is 0.110. The SMILES string of the molecule is Nc1nc(O)c2nc(CNc3ccc(C(=O)NC(CCC(C(CCC(=O)O)C(=O)O)=[P+]([O-])O)C(=O)O)cc3)cnc2n1. The topological polar surface area (TPSA) is 294 Å². The second kappa shape index (κ2) is 14.1. The van der Waals surface area contributed by atoms with Gasteiger partial charge in [-0.2, -0.15) is 14.9 Å². The second-order valence-electron chi connectivity index (χ2n) is 8.86. The largest absolute Gasteiger partial charge is 0.603 e. The van der Waals surface area contributed by atoms with Crippen LogP contribution in [-0.2, 0) is 20.9 Å². The number of carboxylic acid groups (broad SMARTS) is 3. The molecular formula is C24H26N7O10P. The monoisotopic (exact) mass is 603 g/mol. The molecular weight excluding hydrogens is 577 g/mol. The molecule has 0 saturated carbocycles. The summed E-state index contributed by atoms with van der Waals surface area (Å²) in [6.07, 6.45) is -0.454. The van der Waals surface area contributed by atoms with Crippen LogP contribution in [0.1, 0.15) is 41.7 Å². The Morgan fingerprint density at radius 2 is 1.67 bits per heavy atom. The van der Waals surface area contributed by atoms with Crippen LogP contribution in [0.3, 0.4) is 0 Å². The number of nitrogen functional groups attached to an aromatic ring is 1. The minimum atomic E-state index is -3.17. The van der Waals surface area contributed by atoms with Gasteiger partial charge >= 0.3 is 17.9 Å². The fourth-order valence-corrected chi connectivity index (χ4v) is 4.68. The third kappa shape index (κ3) is 8.50. The van der Waals surface area contributed by atoms with Gasteiger partial charge in [-0.25, -0.2) is 14.8 Å². The number of aromatic nitrogens is 4. The number of hydrogen-bond acceptors (Lipinski definition) is 13. The molecule has 0 aliphatic rings. The second-order valence-corrected chi connectivity index (χ2v) is 9.98. The molecule has 3 aromatic rings. The molecule has 222 valence electrons. The van der Waals surface area contributed by atoms with Crippen LogP contribution in [0.25, 0.3) is 11.2 Å². The standard InChI is InChI=1S/C24H26N7O10P/c25-24-30-19-18(21(35)31-24)28-13(10-27-19)9-26-12-3-1-11(2-4-12)20(34)29-15(23(38)39)6-7-16(42(40)41)14(22(36)37)5-8-17(32)33/h1-4,10,14-15,26H,5-9H2,(H,29,34)(H,32,33)(H,36,37)(H,38,39)(H,40,41)(H3,25,27,30,31,35). The normalized spacial score (nSPS) is 13.1. The van der Waals surface area contributed by atoms with Crippen molar-refractivity contribution in [3.05, 3.63) is 41.7 Å². The van der Waals surface area contributed by atoms with Crippen molar-refractivity contribution in [2.75, 3.05) is 11.1 Å². The smallest absolute Gasteiger partial charge is 0.326 e. The van der Waals surface area contributed by atoms with E-state index in [1.165, 1.54) is 18.3 Å². The van der Waals surface area contributed by atoms with Gasteiger partial charge in [0.1, 0.15) is 17.3 Å². The summed E-state index contributed by atoms with van der Waals surface area (Å²) in [5.41, 5.74) is 6.76. The number of hydrogen-bond donors (Lipinski definition) is 8. The van der Waals surface area contributed by atoms with Crippen LogP contribution in [0.4, 0.5) is 11.6 Å². The molecule has 0 aliphatic heterocycles. The Kier molecular flexibility index (Phi) is 10.6. The van der Waals surface area contributed by atoms with Gasteiger partial charge in [0.05, 0.1) is 18.4 Å². The number of rotatable bonds is 14. The number of carboxylic acids is 3. The zero-order valence-corrected chi connectivity index (χ0v) is 22.6. The molecule has 0 saturated heterocycles. The van der Waals surface area contributed by atoms with E-state index < -0.39 is 80.6 Å². The zero-order valence-electron chi connectivity index (χ0n) is 21.7. The number of nitrogens with two attached hydrogens (primary N) is 1. The molecule has 2 heterocycles. The number of carbonyl (C=O) groups is 4. The van der Waals surface area contributed by atoms with Crippen molar-refractivity contribution >= 4 is 59.9 Å². The lowest BCUT2D eigenvalue weighted by Crippen LogP contribution is -2.41. The Bertz CT molecular complexity index is 1530. The Hall–Kier alpha value is -4.99. The summed E-state index contributed by atoms with van der Waals surface area (Å²) in [6, 6.07) is 4.39. The number of aromatic hydroxyl groups is 1. The number of carbonyl (C=O) groups excluding carboxylic acids is 1. The number of amides is 1. The van der Waals surface area contributed by atoms with Crippen molar-refractivity contribution in [1.29, 1.82) is 0 Å². The van der Waals surface area contributed by atoms with E-state index in [9.17, 15) is 44.3 Å². The van der Waals surface area contributed by atoms with Crippen molar-refractivity contribution in [1.82, 2.24) is 25.3 Å². The maximum Gasteiger partial charge on any atom is 0.326 e. The summed E-state index contributed by atoms with van der Waals surface area (Å²) in [5.74, 6) is -7.17. The van der Waals surface area contributed by atoms with Gasteiger partial charge in [0.2, 0.25) is 19.8 Å². The minimum absolute atomic E-state index is 0.0674. The zero-order chi connectivity index (χ0) is 31.0. The molecule has 18 heteroatoms. The average Bonchev–Trinajstić information content (AvgIpc) is 2.92. The highest BCUT2D eigenvalue weighted by Crippen LogP contribution is 2.24. The highest BCUT2D eigenvalue weighted by atomic mass is 31.1. The number of nitrogens with one attached hydrogen (secondary N) is 2. The molecule has 0 fully saturated rings. The molecule has 3 rings (SSSR count). The van der Waals surface area contributed by atoms with Crippen LogP contribution in [0.5, 0.6) is 5.88 Å². The van der Waals surface area contributed by atoms with Crippen molar-refractivity contribution in [2.24, 2.45) is 5.92 Å². The molecule has 1 aromatic carbocycles. The molecule has 17 nitrogen and oxygen atoms in total. The van der Waals surface area contributed by atoms with Gasteiger partial charge in [0.15, 0.2) is 11.2 Å². The highest BCUT2D eigenvalue weighted by molar-refractivity contribution is 7.46. The fourth-order valence-electron chi connectivity index (χ4n) is 3.86. The summed E-state index contributed by atoms with van der Waals surface area (Å²) >= 11 is 0. The van der Waals surface area contributed by atoms with Crippen molar-refractivity contribution in [3.8, 4) is 5.88 Å². The van der Waals surface area contributed by atoms with Gasteiger partial charge in [-0.3, -0.25) is 14.4 Å². The lowest BCUT2D eigenvalue weighted by atomic mass is 9.95. The number of aliphatic carboxylic acids is 3. The Labute approximate surface area is 237 Å². The van der Waals surface area contributed by atoms with Gasteiger partial charge in [0, 0.05) is 24.1 Å².